The van der Waals surface area contributed by atoms with Crippen LogP contribution in [0.4, 0.5) is 5.82 Å². The van der Waals surface area contributed by atoms with E-state index in [9.17, 15) is 8.42 Å². The molecule has 1 aromatic heterocycles. The van der Waals surface area contributed by atoms with Crippen molar-refractivity contribution < 1.29 is 8.42 Å². The first kappa shape index (κ1) is 22.0. The number of nitrogens with one attached hydrogen (secondary N) is 3. The van der Waals surface area contributed by atoms with Gasteiger partial charge < -0.3 is 10.6 Å². The molecule has 1 fully saturated rings. The molecular weight excluding hydrogens is 388 g/mol. The second-order valence-corrected chi connectivity index (χ2v) is 10.6. The van der Waals surface area contributed by atoms with Gasteiger partial charge in [-0.25, -0.2) is 22.7 Å². The van der Waals surface area contributed by atoms with Crippen LogP contribution < -0.4 is 26.5 Å². The molecular formula is C20H34N6O2S. The summed E-state index contributed by atoms with van der Waals surface area (Å²) < 4.78 is 24.9. The van der Waals surface area contributed by atoms with Crippen LogP contribution in [0.25, 0.3) is 6.20 Å². The second kappa shape index (κ2) is 8.97. The van der Waals surface area contributed by atoms with Crippen LogP contribution in [-0.4, -0.2) is 55.9 Å². The molecule has 0 amide bonds. The van der Waals surface area contributed by atoms with Crippen LogP contribution in [0.2, 0.25) is 0 Å². The van der Waals surface area contributed by atoms with Gasteiger partial charge in [-0.15, -0.1) is 0 Å². The average Bonchev–Trinajstić information content (AvgIpc) is 2.65. The van der Waals surface area contributed by atoms with Gasteiger partial charge in [-0.2, -0.15) is 0 Å². The van der Waals surface area contributed by atoms with Crippen molar-refractivity contribution >= 4 is 22.0 Å². The quantitative estimate of drug-likeness (QED) is 0.593. The lowest BCUT2D eigenvalue weighted by atomic mass is 9.98. The van der Waals surface area contributed by atoms with E-state index in [1.54, 1.807) is 4.31 Å². The highest BCUT2D eigenvalue weighted by molar-refractivity contribution is 7.88. The second-order valence-electron chi connectivity index (χ2n) is 8.64. The van der Waals surface area contributed by atoms with E-state index < -0.39 is 10.0 Å². The highest BCUT2D eigenvalue weighted by Gasteiger charge is 2.25. The van der Waals surface area contributed by atoms with Crippen LogP contribution in [0.15, 0.2) is 11.1 Å². The molecule has 162 valence electrons. The number of hydrogen-bond acceptors (Lipinski definition) is 7. The van der Waals surface area contributed by atoms with Gasteiger partial charge in [0.1, 0.15) is 5.36 Å². The van der Waals surface area contributed by atoms with Crippen molar-refractivity contribution in [3.05, 3.63) is 22.3 Å². The van der Waals surface area contributed by atoms with Crippen molar-refractivity contribution in [2.24, 2.45) is 10.9 Å². The number of anilines is 1. The molecule has 2 aliphatic rings. The Morgan fingerprint density at radius 3 is 2.52 bits per heavy atom. The molecule has 2 aliphatic heterocycles. The van der Waals surface area contributed by atoms with E-state index in [1.165, 1.54) is 6.26 Å². The van der Waals surface area contributed by atoms with E-state index in [4.69, 9.17) is 9.98 Å². The fourth-order valence-corrected chi connectivity index (χ4v) is 4.53. The highest BCUT2D eigenvalue weighted by atomic mass is 32.2. The molecule has 29 heavy (non-hydrogen) atoms. The van der Waals surface area contributed by atoms with E-state index in [2.05, 4.69) is 49.7 Å². The maximum Gasteiger partial charge on any atom is 0.211 e. The monoisotopic (exact) mass is 422 g/mol. The predicted octanol–water partition coefficient (Wildman–Crippen LogP) is 0.531. The first-order valence-corrected chi connectivity index (χ1v) is 12.3. The Kier molecular flexibility index (Phi) is 6.80. The van der Waals surface area contributed by atoms with Gasteiger partial charge in [-0.3, -0.25) is 5.32 Å². The molecule has 1 aromatic rings. The van der Waals surface area contributed by atoms with Gasteiger partial charge in [0, 0.05) is 42.8 Å². The molecule has 1 unspecified atom stereocenters. The Hall–Kier alpha value is -1.71. The SMILES string of the molecule is CC(C)Nc1nc(C(C)C)cc2c1=NC(NCC1CCN(S(C)(=O)=O)CC1)NC=2. The minimum Gasteiger partial charge on any atom is -0.366 e. The third kappa shape index (κ3) is 5.67. The van der Waals surface area contributed by atoms with E-state index >= 15 is 0 Å². The van der Waals surface area contributed by atoms with Gasteiger partial charge >= 0.3 is 0 Å². The Morgan fingerprint density at radius 1 is 1.24 bits per heavy atom. The molecule has 9 heteroatoms. The maximum atomic E-state index is 11.7. The Labute approximate surface area is 173 Å². The van der Waals surface area contributed by atoms with E-state index in [1.807, 2.05) is 6.20 Å². The number of sulfonamides is 1. The summed E-state index contributed by atoms with van der Waals surface area (Å²) in [4.78, 5) is 9.65. The fourth-order valence-electron chi connectivity index (χ4n) is 3.66. The summed E-state index contributed by atoms with van der Waals surface area (Å²) in [6, 6.07) is 2.37. The largest absolute Gasteiger partial charge is 0.366 e. The van der Waals surface area contributed by atoms with Gasteiger partial charge in [0.25, 0.3) is 0 Å². The van der Waals surface area contributed by atoms with Gasteiger partial charge in [-0.05, 0) is 44.6 Å². The third-order valence-electron chi connectivity index (χ3n) is 5.36. The van der Waals surface area contributed by atoms with Crippen LogP contribution in [0.3, 0.4) is 0 Å². The zero-order valence-corrected chi connectivity index (χ0v) is 18.9. The molecule has 8 nitrogen and oxygen atoms in total. The minimum absolute atomic E-state index is 0.213. The normalized spacial score (nSPS) is 20.7. The summed E-state index contributed by atoms with van der Waals surface area (Å²) >= 11 is 0. The number of aromatic nitrogens is 1. The van der Waals surface area contributed by atoms with E-state index in [-0.39, 0.29) is 12.3 Å². The van der Waals surface area contributed by atoms with Crippen LogP contribution in [-0.2, 0) is 10.0 Å². The zero-order chi connectivity index (χ0) is 21.2. The summed E-state index contributed by atoms with van der Waals surface area (Å²) in [5.41, 5.74) is 1.05. The lowest BCUT2D eigenvalue weighted by molar-refractivity contribution is 0.260. The van der Waals surface area contributed by atoms with Crippen molar-refractivity contribution in [3.63, 3.8) is 0 Å². The third-order valence-corrected chi connectivity index (χ3v) is 6.66. The predicted molar refractivity (Wildman–Crippen MR) is 116 cm³/mol. The van der Waals surface area contributed by atoms with Crippen LogP contribution in [0.1, 0.15) is 52.1 Å². The number of hydrogen-bond donors (Lipinski definition) is 3. The van der Waals surface area contributed by atoms with Gasteiger partial charge in [0.2, 0.25) is 10.0 Å². The number of rotatable bonds is 7. The van der Waals surface area contributed by atoms with Crippen molar-refractivity contribution in [2.75, 3.05) is 31.2 Å². The molecule has 0 spiro atoms. The Bertz CT molecular complexity index is 936. The van der Waals surface area contributed by atoms with E-state index in [0.29, 0.717) is 24.9 Å². The number of nitrogens with zero attached hydrogens (tertiary/aromatic N) is 3. The van der Waals surface area contributed by atoms with Crippen LogP contribution in [0, 0.1) is 5.92 Å². The Morgan fingerprint density at radius 2 is 1.93 bits per heavy atom. The van der Waals surface area contributed by atoms with Gasteiger partial charge in [0.15, 0.2) is 12.1 Å². The molecule has 0 aliphatic carbocycles. The smallest absolute Gasteiger partial charge is 0.211 e. The number of pyridine rings is 1. The van der Waals surface area contributed by atoms with Crippen molar-refractivity contribution in [3.8, 4) is 0 Å². The topological polar surface area (TPSA) is 98.7 Å². The van der Waals surface area contributed by atoms with Crippen LogP contribution in [0.5, 0.6) is 0 Å². The maximum absolute atomic E-state index is 11.7. The molecule has 3 rings (SSSR count). The minimum atomic E-state index is -3.08. The zero-order valence-electron chi connectivity index (χ0n) is 18.1. The number of piperidine rings is 1. The van der Waals surface area contributed by atoms with Crippen molar-refractivity contribution in [1.29, 1.82) is 0 Å². The highest BCUT2D eigenvalue weighted by Crippen LogP contribution is 2.18. The Balaban J connectivity index is 1.69. The van der Waals surface area contributed by atoms with Gasteiger partial charge in [0.05, 0.1) is 6.26 Å². The molecule has 1 atom stereocenters. The van der Waals surface area contributed by atoms with Crippen LogP contribution >= 0.6 is 0 Å². The summed E-state index contributed by atoms with van der Waals surface area (Å²) in [5, 5.41) is 12.2. The van der Waals surface area contributed by atoms with Crippen molar-refractivity contribution in [2.45, 2.75) is 58.8 Å². The lowest BCUT2D eigenvalue weighted by Gasteiger charge is -2.31. The van der Waals surface area contributed by atoms with Gasteiger partial charge in [-0.1, -0.05) is 13.8 Å². The summed E-state index contributed by atoms with van der Waals surface area (Å²) in [6.07, 6.45) is 4.81. The molecule has 3 heterocycles. The average molecular weight is 423 g/mol. The molecule has 0 radical (unpaired) electrons. The summed E-state index contributed by atoms with van der Waals surface area (Å²) in [7, 11) is -3.08. The molecule has 0 saturated carbocycles. The fraction of sp³-hybridized carbons (Fsp3) is 0.700. The molecule has 0 bridgehead atoms. The summed E-state index contributed by atoms with van der Waals surface area (Å²) in [5.74, 6) is 1.61. The first-order chi connectivity index (χ1) is 13.6. The standard InChI is InChI=1S/C20H34N6O2S/c1-13(2)17-10-16-12-22-20(25-18(16)19(24-17)23-14(3)4)21-11-15-6-8-26(9-7-15)29(5,27)28/h10,12-15,20-22H,6-9,11H2,1-5H3,(H,23,24). The lowest BCUT2D eigenvalue weighted by Crippen LogP contribution is -2.50. The summed E-state index contributed by atoms with van der Waals surface area (Å²) in [6.45, 7) is 10.5. The first-order valence-electron chi connectivity index (χ1n) is 10.4. The van der Waals surface area contributed by atoms with Crippen molar-refractivity contribution in [1.82, 2.24) is 19.9 Å². The number of fused-ring (bicyclic) bond motifs is 1. The molecule has 0 aromatic carbocycles. The molecule has 1 saturated heterocycles. The van der Waals surface area contributed by atoms with E-state index in [0.717, 1.165) is 41.5 Å². The molecule has 3 N–H and O–H groups in total.